The topological polar surface area (TPSA) is 38.3 Å². The van der Waals surface area contributed by atoms with Crippen LogP contribution in [0.15, 0.2) is 48.5 Å². The smallest absolute Gasteiger partial charge is 0.387 e. The van der Waals surface area contributed by atoms with E-state index in [1.54, 1.807) is 0 Å². The summed E-state index contributed by atoms with van der Waals surface area (Å²) in [6.07, 6.45) is 3.27. The summed E-state index contributed by atoms with van der Waals surface area (Å²) in [7, 11) is 0. The van der Waals surface area contributed by atoms with Gasteiger partial charge in [0.15, 0.2) is 0 Å². The van der Waals surface area contributed by atoms with E-state index >= 15 is 0 Å². The molecule has 24 heavy (non-hydrogen) atoms. The summed E-state index contributed by atoms with van der Waals surface area (Å²) in [5.41, 5.74) is 3.10. The summed E-state index contributed by atoms with van der Waals surface area (Å²) in [6.45, 7) is -2.29. The first kappa shape index (κ1) is 16.4. The van der Waals surface area contributed by atoms with Crippen molar-refractivity contribution in [1.82, 2.24) is 5.32 Å². The molecule has 0 bridgehead atoms. The predicted octanol–water partition coefficient (Wildman–Crippen LogP) is 4.14. The molecule has 3 nitrogen and oxygen atoms in total. The summed E-state index contributed by atoms with van der Waals surface area (Å²) in [6, 6.07) is 14.1. The van der Waals surface area contributed by atoms with Crippen LogP contribution in [0.25, 0.3) is 0 Å². The van der Waals surface area contributed by atoms with Gasteiger partial charge >= 0.3 is 6.61 Å². The molecular formula is C19H19F2NO2. The fraction of sp³-hybridized carbons (Fsp3) is 0.316. The monoisotopic (exact) mass is 331 g/mol. The minimum atomic E-state index is -2.86. The van der Waals surface area contributed by atoms with Gasteiger partial charge in [-0.1, -0.05) is 24.3 Å². The van der Waals surface area contributed by atoms with Crippen LogP contribution in [-0.4, -0.2) is 19.1 Å². The molecular weight excluding hydrogens is 312 g/mol. The first-order chi connectivity index (χ1) is 11.6. The van der Waals surface area contributed by atoms with Gasteiger partial charge < -0.3 is 10.1 Å². The molecule has 1 atom stereocenters. The quantitative estimate of drug-likeness (QED) is 0.894. The van der Waals surface area contributed by atoms with Crippen LogP contribution in [0.5, 0.6) is 5.75 Å². The van der Waals surface area contributed by atoms with Gasteiger partial charge in [0.05, 0.1) is 0 Å². The summed E-state index contributed by atoms with van der Waals surface area (Å²) < 4.78 is 28.5. The summed E-state index contributed by atoms with van der Waals surface area (Å²) in [5, 5.41) is 2.94. The maximum absolute atomic E-state index is 12.2. The van der Waals surface area contributed by atoms with Gasteiger partial charge in [-0.05, 0) is 54.7 Å². The first-order valence-electron chi connectivity index (χ1n) is 8.04. The second kappa shape index (κ2) is 7.43. The number of alkyl halides is 2. The van der Waals surface area contributed by atoms with Crippen molar-refractivity contribution in [1.29, 1.82) is 0 Å². The van der Waals surface area contributed by atoms with E-state index in [4.69, 9.17) is 0 Å². The van der Waals surface area contributed by atoms with E-state index < -0.39 is 6.61 Å². The number of fused-ring (bicyclic) bond motifs is 1. The number of hydrogen-bond acceptors (Lipinski definition) is 2. The Balaban J connectivity index is 1.60. The lowest BCUT2D eigenvalue weighted by molar-refractivity contribution is -0.0498. The lowest BCUT2D eigenvalue weighted by Gasteiger charge is -2.25. The van der Waals surface area contributed by atoms with E-state index in [0.717, 1.165) is 19.3 Å². The van der Waals surface area contributed by atoms with E-state index in [2.05, 4.69) is 22.2 Å². The zero-order chi connectivity index (χ0) is 16.9. The van der Waals surface area contributed by atoms with E-state index in [1.165, 1.54) is 35.4 Å². The minimum Gasteiger partial charge on any atom is -0.435 e. The normalized spacial score (nSPS) is 16.5. The second-order valence-electron chi connectivity index (χ2n) is 5.90. The first-order valence-corrected chi connectivity index (χ1v) is 8.04. The number of carbonyl (C=O) groups excluding carboxylic acids is 1. The second-order valence-corrected chi connectivity index (χ2v) is 5.90. The minimum absolute atomic E-state index is 0.0442. The van der Waals surface area contributed by atoms with Crippen molar-refractivity contribution in [2.75, 3.05) is 6.54 Å². The van der Waals surface area contributed by atoms with Crippen LogP contribution in [0.4, 0.5) is 8.78 Å². The van der Waals surface area contributed by atoms with Gasteiger partial charge in [0.1, 0.15) is 5.75 Å². The highest BCUT2D eigenvalue weighted by Gasteiger charge is 2.20. The number of amides is 1. The molecule has 1 unspecified atom stereocenters. The summed E-state index contributed by atoms with van der Waals surface area (Å²) in [4.78, 5) is 12.2. The predicted molar refractivity (Wildman–Crippen MR) is 87.5 cm³/mol. The molecule has 1 N–H and O–H groups in total. The molecule has 0 saturated carbocycles. The summed E-state index contributed by atoms with van der Waals surface area (Å²) in [5.74, 6) is 0.157. The van der Waals surface area contributed by atoms with Crippen molar-refractivity contribution in [2.45, 2.75) is 31.8 Å². The van der Waals surface area contributed by atoms with Crippen molar-refractivity contribution >= 4 is 5.91 Å². The highest BCUT2D eigenvalue weighted by Crippen LogP contribution is 2.30. The molecule has 0 heterocycles. The molecule has 2 aromatic carbocycles. The Kier molecular flexibility index (Phi) is 5.08. The van der Waals surface area contributed by atoms with Crippen LogP contribution in [0.2, 0.25) is 0 Å². The van der Waals surface area contributed by atoms with Crippen LogP contribution in [0, 0.1) is 0 Å². The Morgan fingerprint density at radius 3 is 2.67 bits per heavy atom. The maximum atomic E-state index is 12.2. The molecule has 0 saturated heterocycles. The molecule has 0 fully saturated rings. The lowest BCUT2D eigenvalue weighted by atomic mass is 9.83. The molecule has 0 aliphatic heterocycles. The SMILES string of the molecule is O=C(NCC1CCCc2ccccc21)c1ccc(OC(F)F)cc1. The highest BCUT2D eigenvalue weighted by atomic mass is 19.3. The molecule has 1 aliphatic carbocycles. The molecule has 3 rings (SSSR count). The average molecular weight is 331 g/mol. The Labute approximate surface area is 139 Å². The zero-order valence-corrected chi connectivity index (χ0v) is 13.2. The van der Waals surface area contributed by atoms with Gasteiger partial charge in [-0.25, -0.2) is 0 Å². The molecule has 2 aromatic rings. The van der Waals surface area contributed by atoms with Crippen molar-refractivity contribution < 1.29 is 18.3 Å². The third kappa shape index (κ3) is 3.91. The van der Waals surface area contributed by atoms with E-state index in [1.807, 2.05) is 12.1 Å². The number of hydrogen-bond donors (Lipinski definition) is 1. The standard InChI is InChI=1S/C19H19F2NO2/c20-19(21)24-16-10-8-14(9-11-16)18(23)22-12-15-6-3-5-13-4-1-2-7-17(13)15/h1-2,4,7-11,15,19H,3,5-6,12H2,(H,22,23). The van der Waals surface area contributed by atoms with Gasteiger partial charge in [0, 0.05) is 18.0 Å². The van der Waals surface area contributed by atoms with Gasteiger partial charge in [-0.3, -0.25) is 4.79 Å². The third-order valence-electron chi connectivity index (χ3n) is 4.34. The number of nitrogens with one attached hydrogen (secondary N) is 1. The van der Waals surface area contributed by atoms with Crippen LogP contribution in [0.1, 0.15) is 40.2 Å². The molecule has 1 aliphatic rings. The number of benzene rings is 2. The van der Waals surface area contributed by atoms with Crippen molar-refractivity contribution in [3.05, 3.63) is 65.2 Å². The highest BCUT2D eigenvalue weighted by molar-refractivity contribution is 5.94. The number of aryl methyl sites for hydroxylation is 1. The van der Waals surface area contributed by atoms with E-state index in [0.29, 0.717) is 18.0 Å². The van der Waals surface area contributed by atoms with Crippen molar-refractivity contribution in [3.63, 3.8) is 0 Å². The average Bonchev–Trinajstić information content (AvgIpc) is 2.59. The third-order valence-corrected chi connectivity index (χ3v) is 4.34. The molecule has 1 amide bonds. The molecule has 126 valence electrons. The number of ether oxygens (including phenoxy) is 1. The number of rotatable bonds is 5. The summed E-state index contributed by atoms with van der Waals surface area (Å²) >= 11 is 0. The molecule has 5 heteroatoms. The van der Waals surface area contributed by atoms with E-state index in [-0.39, 0.29) is 11.7 Å². The number of halogens is 2. The van der Waals surface area contributed by atoms with Crippen LogP contribution >= 0.6 is 0 Å². The van der Waals surface area contributed by atoms with Gasteiger partial charge in [-0.2, -0.15) is 8.78 Å². The number of carbonyl (C=O) groups is 1. The maximum Gasteiger partial charge on any atom is 0.387 e. The Hall–Kier alpha value is -2.43. The molecule has 0 aromatic heterocycles. The molecule has 0 spiro atoms. The Morgan fingerprint density at radius 2 is 1.92 bits per heavy atom. The van der Waals surface area contributed by atoms with E-state index in [9.17, 15) is 13.6 Å². The van der Waals surface area contributed by atoms with Crippen LogP contribution in [-0.2, 0) is 6.42 Å². The molecule has 0 radical (unpaired) electrons. The lowest BCUT2D eigenvalue weighted by Crippen LogP contribution is -2.29. The van der Waals surface area contributed by atoms with Crippen LogP contribution < -0.4 is 10.1 Å². The largest absolute Gasteiger partial charge is 0.435 e. The fourth-order valence-corrected chi connectivity index (χ4v) is 3.17. The zero-order valence-electron chi connectivity index (χ0n) is 13.2. The van der Waals surface area contributed by atoms with Gasteiger partial charge in [-0.15, -0.1) is 0 Å². The van der Waals surface area contributed by atoms with Crippen molar-refractivity contribution in [2.24, 2.45) is 0 Å². The van der Waals surface area contributed by atoms with Gasteiger partial charge in [0.25, 0.3) is 5.91 Å². The fourth-order valence-electron chi connectivity index (χ4n) is 3.17. The Morgan fingerprint density at radius 1 is 1.17 bits per heavy atom. The van der Waals surface area contributed by atoms with Crippen LogP contribution in [0.3, 0.4) is 0 Å². The Bertz CT molecular complexity index is 701. The van der Waals surface area contributed by atoms with Crippen molar-refractivity contribution in [3.8, 4) is 5.75 Å². The van der Waals surface area contributed by atoms with Gasteiger partial charge in [0.2, 0.25) is 0 Å².